The molecule has 0 radical (unpaired) electrons. The molecular weight excluding hydrogens is 224 g/mol. The van der Waals surface area contributed by atoms with E-state index in [9.17, 15) is 4.79 Å². The molecule has 2 N–H and O–H groups in total. The van der Waals surface area contributed by atoms with Gasteiger partial charge in [-0.1, -0.05) is 26.0 Å². The van der Waals surface area contributed by atoms with Gasteiger partial charge in [-0.15, -0.1) is 0 Å². The highest BCUT2D eigenvalue weighted by atomic mass is 16.2. The van der Waals surface area contributed by atoms with Gasteiger partial charge in [-0.2, -0.15) is 0 Å². The van der Waals surface area contributed by atoms with Gasteiger partial charge in [-0.3, -0.25) is 4.79 Å². The van der Waals surface area contributed by atoms with Crippen LogP contribution in [-0.2, 0) is 4.79 Å². The highest BCUT2D eigenvalue weighted by Crippen LogP contribution is 2.31. The van der Waals surface area contributed by atoms with Gasteiger partial charge in [0.15, 0.2) is 0 Å². The van der Waals surface area contributed by atoms with Crippen molar-refractivity contribution in [3.05, 3.63) is 29.8 Å². The lowest BCUT2D eigenvalue weighted by atomic mass is 10.0. The van der Waals surface area contributed by atoms with Gasteiger partial charge in [0, 0.05) is 24.1 Å². The van der Waals surface area contributed by atoms with E-state index in [-0.39, 0.29) is 17.9 Å². The molecule has 2 atom stereocenters. The molecule has 98 valence electrons. The number of hydrogen-bond donors (Lipinski definition) is 1. The van der Waals surface area contributed by atoms with E-state index in [0.717, 1.165) is 5.69 Å². The maximum absolute atomic E-state index is 12.0. The summed E-state index contributed by atoms with van der Waals surface area (Å²) in [6.07, 6.45) is 0.573. The second-order valence-corrected chi connectivity index (χ2v) is 5.45. The number of carbonyl (C=O) groups is 1. The predicted octanol–water partition coefficient (Wildman–Crippen LogP) is 2.51. The highest BCUT2D eigenvalue weighted by Gasteiger charge is 2.36. The van der Waals surface area contributed by atoms with Crippen LogP contribution in [0.1, 0.15) is 38.7 Å². The summed E-state index contributed by atoms with van der Waals surface area (Å²) in [5.74, 6) is 0.986. The maximum Gasteiger partial charge on any atom is 0.227 e. The first-order chi connectivity index (χ1) is 8.54. The number of nitrogens with two attached hydrogens (primary N) is 1. The predicted molar refractivity (Wildman–Crippen MR) is 74.6 cm³/mol. The third-order valence-electron chi connectivity index (χ3n) is 3.94. The standard InChI is InChI=1S/C15H22N2O/c1-10(2)12-4-6-14(7-5-12)17-11(3)13(9-16)8-15(17)18/h4-7,10-11,13H,8-9,16H2,1-3H3. The minimum absolute atomic E-state index is 0.190. The molecule has 0 aromatic heterocycles. The Morgan fingerprint density at radius 3 is 2.39 bits per heavy atom. The van der Waals surface area contributed by atoms with Crippen LogP contribution in [0.25, 0.3) is 0 Å². The van der Waals surface area contributed by atoms with Crippen molar-refractivity contribution >= 4 is 11.6 Å². The van der Waals surface area contributed by atoms with Gasteiger partial charge in [0.1, 0.15) is 0 Å². The Morgan fingerprint density at radius 2 is 1.94 bits per heavy atom. The van der Waals surface area contributed by atoms with Crippen molar-refractivity contribution in [2.75, 3.05) is 11.4 Å². The van der Waals surface area contributed by atoms with E-state index >= 15 is 0 Å². The van der Waals surface area contributed by atoms with Crippen LogP contribution in [0.15, 0.2) is 24.3 Å². The number of carbonyl (C=O) groups excluding carboxylic acids is 1. The number of rotatable bonds is 3. The van der Waals surface area contributed by atoms with Gasteiger partial charge >= 0.3 is 0 Å². The molecule has 2 unspecified atom stereocenters. The molecule has 1 aromatic rings. The first-order valence-corrected chi connectivity index (χ1v) is 6.66. The normalized spacial score (nSPS) is 24.1. The average Bonchev–Trinajstić information content (AvgIpc) is 2.64. The summed E-state index contributed by atoms with van der Waals surface area (Å²) in [5.41, 5.74) is 8.00. The fourth-order valence-corrected chi connectivity index (χ4v) is 2.61. The van der Waals surface area contributed by atoms with Crippen molar-refractivity contribution in [3.63, 3.8) is 0 Å². The Hall–Kier alpha value is -1.35. The van der Waals surface area contributed by atoms with E-state index in [2.05, 4.69) is 32.9 Å². The minimum Gasteiger partial charge on any atom is -0.330 e. The molecule has 0 aliphatic carbocycles. The van der Waals surface area contributed by atoms with Gasteiger partial charge in [0.25, 0.3) is 0 Å². The van der Waals surface area contributed by atoms with E-state index in [0.29, 0.717) is 18.9 Å². The smallest absolute Gasteiger partial charge is 0.227 e. The number of hydrogen-bond acceptors (Lipinski definition) is 2. The van der Waals surface area contributed by atoms with E-state index in [1.807, 2.05) is 17.0 Å². The van der Waals surface area contributed by atoms with Crippen LogP contribution in [0.4, 0.5) is 5.69 Å². The second-order valence-electron chi connectivity index (χ2n) is 5.45. The Bertz CT molecular complexity index is 425. The topological polar surface area (TPSA) is 46.3 Å². The molecule has 1 aromatic carbocycles. The Balaban J connectivity index is 2.23. The fourth-order valence-electron chi connectivity index (χ4n) is 2.61. The number of amides is 1. The van der Waals surface area contributed by atoms with Gasteiger partial charge in [-0.05, 0) is 37.1 Å². The average molecular weight is 246 g/mol. The van der Waals surface area contributed by atoms with Crippen molar-refractivity contribution in [3.8, 4) is 0 Å². The summed E-state index contributed by atoms with van der Waals surface area (Å²) >= 11 is 0. The van der Waals surface area contributed by atoms with Crippen LogP contribution < -0.4 is 10.6 Å². The molecule has 0 bridgehead atoms. The van der Waals surface area contributed by atoms with Crippen molar-refractivity contribution in [2.24, 2.45) is 11.7 Å². The Kier molecular flexibility index (Phi) is 3.71. The summed E-state index contributed by atoms with van der Waals surface area (Å²) in [6.45, 7) is 7.00. The monoisotopic (exact) mass is 246 g/mol. The van der Waals surface area contributed by atoms with Gasteiger partial charge in [0.05, 0.1) is 0 Å². The number of nitrogens with zero attached hydrogens (tertiary/aromatic N) is 1. The van der Waals surface area contributed by atoms with E-state index in [1.54, 1.807) is 0 Å². The molecule has 1 saturated heterocycles. The quantitative estimate of drug-likeness (QED) is 0.890. The van der Waals surface area contributed by atoms with Crippen LogP contribution in [0.5, 0.6) is 0 Å². The van der Waals surface area contributed by atoms with Crippen molar-refractivity contribution < 1.29 is 4.79 Å². The van der Waals surface area contributed by atoms with E-state index in [4.69, 9.17) is 5.73 Å². The molecule has 18 heavy (non-hydrogen) atoms. The lowest BCUT2D eigenvalue weighted by Crippen LogP contribution is -2.34. The van der Waals surface area contributed by atoms with E-state index in [1.165, 1.54) is 5.56 Å². The first-order valence-electron chi connectivity index (χ1n) is 6.66. The van der Waals surface area contributed by atoms with Crippen molar-refractivity contribution in [2.45, 2.75) is 39.2 Å². The highest BCUT2D eigenvalue weighted by molar-refractivity contribution is 5.96. The summed E-state index contributed by atoms with van der Waals surface area (Å²) < 4.78 is 0. The zero-order valence-corrected chi connectivity index (χ0v) is 11.4. The Morgan fingerprint density at radius 1 is 1.33 bits per heavy atom. The summed E-state index contributed by atoms with van der Waals surface area (Å²) in [7, 11) is 0. The van der Waals surface area contributed by atoms with Gasteiger partial charge in [0.2, 0.25) is 5.91 Å². The molecule has 0 saturated carbocycles. The second kappa shape index (κ2) is 5.11. The first kappa shape index (κ1) is 13.1. The SMILES string of the molecule is CC(C)c1ccc(N2C(=O)CC(CN)C2C)cc1. The largest absolute Gasteiger partial charge is 0.330 e. The molecule has 1 aliphatic heterocycles. The number of benzene rings is 1. The van der Waals surface area contributed by atoms with E-state index < -0.39 is 0 Å². The molecule has 3 nitrogen and oxygen atoms in total. The molecule has 3 heteroatoms. The lowest BCUT2D eigenvalue weighted by Gasteiger charge is -2.24. The van der Waals surface area contributed by atoms with Crippen molar-refractivity contribution in [1.29, 1.82) is 0 Å². The van der Waals surface area contributed by atoms with Gasteiger partial charge in [-0.25, -0.2) is 0 Å². The third kappa shape index (κ3) is 2.27. The third-order valence-corrected chi connectivity index (χ3v) is 3.94. The van der Waals surface area contributed by atoms with Crippen LogP contribution in [-0.4, -0.2) is 18.5 Å². The van der Waals surface area contributed by atoms with Crippen LogP contribution in [0, 0.1) is 5.92 Å². The number of anilines is 1. The fraction of sp³-hybridized carbons (Fsp3) is 0.533. The molecule has 2 rings (SSSR count). The van der Waals surface area contributed by atoms with Crippen LogP contribution in [0.2, 0.25) is 0 Å². The zero-order chi connectivity index (χ0) is 13.3. The summed E-state index contributed by atoms with van der Waals surface area (Å²) in [6, 6.07) is 8.50. The van der Waals surface area contributed by atoms with Crippen LogP contribution >= 0.6 is 0 Å². The zero-order valence-electron chi connectivity index (χ0n) is 11.4. The molecule has 1 heterocycles. The maximum atomic E-state index is 12.0. The summed E-state index contributed by atoms with van der Waals surface area (Å²) in [4.78, 5) is 13.9. The Labute approximate surface area is 109 Å². The molecule has 1 aliphatic rings. The molecular formula is C15H22N2O. The van der Waals surface area contributed by atoms with Crippen LogP contribution in [0.3, 0.4) is 0 Å². The minimum atomic E-state index is 0.190. The summed E-state index contributed by atoms with van der Waals surface area (Å²) in [5, 5.41) is 0. The van der Waals surface area contributed by atoms with Crippen molar-refractivity contribution in [1.82, 2.24) is 0 Å². The lowest BCUT2D eigenvalue weighted by molar-refractivity contribution is -0.117. The van der Waals surface area contributed by atoms with Gasteiger partial charge < -0.3 is 10.6 Å². The molecule has 0 spiro atoms. The molecule has 1 fully saturated rings. The molecule has 1 amide bonds.